The number of carbonyl (C=O) groups is 1. The van der Waals surface area contributed by atoms with Crippen LogP contribution in [0.2, 0.25) is 0 Å². The van der Waals surface area contributed by atoms with Crippen molar-refractivity contribution < 1.29 is 18.3 Å². The highest BCUT2D eigenvalue weighted by atomic mass is 32.2. The molecule has 2 aromatic carbocycles. The van der Waals surface area contributed by atoms with Crippen molar-refractivity contribution in [1.29, 1.82) is 5.26 Å². The molecule has 0 spiro atoms. The summed E-state index contributed by atoms with van der Waals surface area (Å²) in [6, 6.07) is 9.63. The summed E-state index contributed by atoms with van der Waals surface area (Å²) in [7, 11) is 0. The van der Waals surface area contributed by atoms with Gasteiger partial charge in [0, 0.05) is 17.7 Å². The molecule has 0 bridgehead atoms. The highest BCUT2D eigenvalue weighted by Gasteiger charge is 2.13. The van der Waals surface area contributed by atoms with Crippen LogP contribution in [0, 0.1) is 11.5 Å². The molecule has 0 aliphatic rings. The summed E-state index contributed by atoms with van der Waals surface area (Å²) >= 11 is -2.71. The van der Waals surface area contributed by atoms with E-state index in [0.29, 0.717) is 20.8 Å². The van der Waals surface area contributed by atoms with Crippen molar-refractivity contribution in [2.75, 3.05) is 4.31 Å². The molecule has 6 nitrogen and oxygen atoms in total. The molecular weight excluding hydrogens is 280 g/mol. The van der Waals surface area contributed by atoms with E-state index >= 15 is 0 Å². The van der Waals surface area contributed by atoms with Crippen molar-refractivity contribution in [2.45, 2.75) is 6.92 Å². The smallest absolute Gasteiger partial charge is 0.308 e. The Morgan fingerprint density at radius 1 is 1.30 bits per heavy atom. The van der Waals surface area contributed by atoms with Crippen molar-refractivity contribution in [3.05, 3.63) is 36.4 Å². The van der Waals surface area contributed by atoms with Gasteiger partial charge in [-0.2, -0.15) is 5.26 Å². The molecule has 0 N–H and O–H groups in total. The van der Waals surface area contributed by atoms with E-state index in [1.54, 1.807) is 36.5 Å². The summed E-state index contributed by atoms with van der Waals surface area (Å²) in [5.74, 6) is -0.168. The fraction of sp³-hybridized carbons (Fsp3) is 0.0769. The fourth-order valence-electron chi connectivity index (χ4n) is 1.85. The number of anilines is 1. The molecule has 2 rings (SSSR count). The summed E-state index contributed by atoms with van der Waals surface area (Å²) in [5.41, 5.74) is 0.201. The van der Waals surface area contributed by atoms with E-state index in [1.807, 2.05) is 0 Å². The summed E-state index contributed by atoms with van der Waals surface area (Å²) in [6.45, 7) is 1.27. The van der Waals surface area contributed by atoms with Crippen LogP contribution in [0.3, 0.4) is 0 Å². The van der Waals surface area contributed by atoms with Gasteiger partial charge in [0.15, 0.2) is 6.19 Å². The van der Waals surface area contributed by atoms with E-state index in [9.17, 15) is 13.6 Å². The monoisotopic (exact) mass is 289 g/mol. The van der Waals surface area contributed by atoms with Crippen LogP contribution in [0.25, 0.3) is 10.8 Å². The first-order valence-corrected chi connectivity index (χ1v) is 6.57. The maximum absolute atomic E-state index is 11.1. The number of nitrogens with zero attached hydrogens (tertiary/aromatic N) is 2. The number of hydrogen-bond acceptors (Lipinski definition) is 5. The van der Waals surface area contributed by atoms with Gasteiger partial charge in [0.25, 0.3) is 0 Å². The minimum atomic E-state index is -2.71. The normalized spacial score (nSPS) is 11.7. The molecule has 0 aliphatic heterocycles. The second kappa shape index (κ2) is 5.69. The minimum Gasteiger partial charge on any atom is -0.754 e. The molecule has 0 heterocycles. The quantitative estimate of drug-likeness (QED) is 0.282. The van der Waals surface area contributed by atoms with Crippen molar-refractivity contribution in [3.8, 4) is 11.9 Å². The number of esters is 1. The first-order chi connectivity index (χ1) is 9.54. The van der Waals surface area contributed by atoms with Gasteiger partial charge < -0.3 is 9.29 Å². The van der Waals surface area contributed by atoms with Crippen LogP contribution in [0.15, 0.2) is 36.4 Å². The molecule has 7 heteroatoms. The van der Waals surface area contributed by atoms with Gasteiger partial charge in [-0.15, -0.1) is 0 Å². The van der Waals surface area contributed by atoms with E-state index in [1.165, 1.54) is 13.0 Å². The van der Waals surface area contributed by atoms with Gasteiger partial charge in [-0.3, -0.25) is 9.00 Å². The molecule has 2 aromatic rings. The summed E-state index contributed by atoms with van der Waals surface area (Å²) in [6.07, 6.45) is 1.58. The van der Waals surface area contributed by atoms with E-state index in [-0.39, 0.29) is 5.69 Å². The molecule has 1 atom stereocenters. The number of ether oxygens (including phenoxy) is 1. The van der Waals surface area contributed by atoms with E-state index in [2.05, 4.69) is 0 Å². The third-order valence-corrected chi connectivity index (χ3v) is 3.15. The van der Waals surface area contributed by atoms with E-state index in [4.69, 9.17) is 10.00 Å². The Morgan fingerprint density at radius 2 is 1.95 bits per heavy atom. The SMILES string of the molecule is CC(=O)Oc1cccc2c(N(C#N)S(=O)[O-])cccc12. The average molecular weight is 289 g/mol. The van der Waals surface area contributed by atoms with Crippen molar-refractivity contribution in [2.24, 2.45) is 0 Å². The first kappa shape index (κ1) is 14.0. The van der Waals surface area contributed by atoms with E-state index in [0.717, 1.165) is 0 Å². The molecular formula is C13H9N2O4S-. The van der Waals surface area contributed by atoms with Crippen LogP contribution in [0.4, 0.5) is 5.69 Å². The Labute approximate surface area is 117 Å². The van der Waals surface area contributed by atoms with Crippen LogP contribution in [-0.2, 0) is 16.1 Å². The number of benzene rings is 2. The molecule has 102 valence electrons. The lowest BCUT2D eigenvalue weighted by Gasteiger charge is -2.19. The van der Waals surface area contributed by atoms with Crippen molar-refractivity contribution in [3.63, 3.8) is 0 Å². The summed E-state index contributed by atoms with van der Waals surface area (Å²) < 4.78 is 27.7. The highest BCUT2D eigenvalue weighted by Crippen LogP contribution is 2.33. The predicted octanol–water partition coefficient (Wildman–Crippen LogP) is 1.85. The molecule has 0 amide bonds. The Bertz CT molecular complexity index is 739. The maximum atomic E-state index is 11.1. The molecule has 0 radical (unpaired) electrons. The lowest BCUT2D eigenvalue weighted by atomic mass is 10.1. The number of nitriles is 1. The topological polar surface area (TPSA) is 93.5 Å². The molecule has 1 unspecified atom stereocenters. The van der Waals surface area contributed by atoms with Crippen molar-refractivity contribution >= 4 is 33.7 Å². The van der Waals surface area contributed by atoms with Gasteiger partial charge in [0.1, 0.15) is 5.75 Å². The third kappa shape index (κ3) is 2.61. The van der Waals surface area contributed by atoms with Crippen LogP contribution < -0.4 is 9.04 Å². The van der Waals surface area contributed by atoms with Gasteiger partial charge in [0.2, 0.25) is 0 Å². The van der Waals surface area contributed by atoms with Crippen LogP contribution in [0.1, 0.15) is 6.92 Å². The van der Waals surface area contributed by atoms with Gasteiger partial charge >= 0.3 is 5.97 Å². The third-order valence-electron chi connectivity index (χ3n) is 2.57. The number of carbonyl (C=O) groups excluding carboxylic acids is 1. The Balaban J connectivity index is 2.68. The van der Waals surface area contributed by atoms with Crippen molar-refractivity contribution in [1.82, 2.24) is 0 Å². The zero-order valence-electron chi connectivity index (χ0n) is 10.4. The zero-order valence-corrected chi connectivity index (χ0v) is 11.2. The molecule has 20 heavy (non-hydrogen) atoms. The second-order valence-electron chi connectivity index (χ2n) is 3.83. The lowest BCUT2D eigenvalue weighted by Crippen LogP contribution is -2.19. The van der Waals surface area contributed by atoms with Crippen LogP contribution >= 0.6 is 0 Å². The predicted molar refractivity (Wildman–Crippen MR) is 72.3 cm³/mol. The van der Waals surface area contributed by atoms with Crippen LogP contribution in [0.5, 0.6) is 5.75 Å². The molecule has 0 aliphatic carbocycles. The number of rotatable bonds is 3. The Hall–Kier alpha value is -2.43. The first-order valence-electron chi connectivity index (χ1n) is 5.54. The average Bonchev–Trinajstić information content (AvgIpc) is 2.39. The summed E-state index contributed by atoms with van der Waals surface area (Å²) in [5, 5.41) is 9.97. The van der Waals surface area contributed by atoms with E-state index < -0.39 is 17.2 Å². The van der Waals surface area contributed by atoms with Gasteiger partial charge in [0.05, 0.1) is 17.0 Å². The summed E-state index contributed by atoms with van der Waals surface area (Å²) in [4.78, 5) is 11.1. The highest BCUT2D eigenvalue weighted by molar-refractivity contribution is 7.80. The molecule has 0 saturated heterocycles. The Morgan fingerprint density at radius 3 is 2.55 bits per heavy atom. The van der Waals surface area contributed by atoms with Crippen LogP contribution in [-0.4, -0.2) is 14.7 Å². The lowest BCUT2D eigenvalue weighted by molar-refractivity contribution is -0.131. The maximum Gasteiger partial charge on any atom is 0.308 e. The van der Waals surface area contributed by atoms with Gasteiger partial charge in [-0.25, -0.2) is 4.31 Å². The van der Waals surface area contributed by atoms with Gasteiger partial charge in [-0.1, -0.05) is 24.3 Å². The standard InChI is InChI=1S/C13H10N2O4S/c1-9(16)19-13-7-3-4-10-11(13)5-2-6-12(10)15(8-14)20(17)18/h2-7H,1H3,(H,17,18)/p-1. The largest absolute Gasteiger partial charge is 0.754 e. The fourth-order valence-corrected chi connectivity index (χ4v) is 2.24. The molecule has 0 aromatic heterocycles. The number of fused-ring (bicyclic) bond motifs is 1. The second-order valence-corrected chi connectivity index (χ2v) is 4.63. The molecule has 0 fully saturated rings. The Kier molecular flexibility index (Phi) is 3.98. The number of hydrogen-bond donors (Lipinski definition) is 0. The minimum absolute atomic E-state index is 0.201. The van der Waals surface area contributed by atoms with Gasteiger partial charge in [-0.05, 0) is 12.1 Å². The zero-order chi connectivity index (χ0) is 14.7. The molecule has 0 saturated carbocycles.